The van der Waals surface area contributed by atoms with Crippen molar-refractivity contribution in [3.05, 3.63) is 45.1 Å². The molecule has 3 rings (SSSR count). The molecule has 0 saturated carbocycles. The maximum atomic E-state index is 12.9. The number of ether oxygens (including phenoxy) is 1. The molecule has 2 aromatic rings. The number of fused-ring (bicyclic) bond motifs is 1. The van der Waals surface area contributed by atoms with Crippen molar-refractivity contribution in [3.63, 3.8) is 0 Å². The van der Waals surface area contributed by atoms with E-state index in [1.54, 1.807) is 41.5 Å². The molecule has 1 N–H and O–H groups in total. The van der Waals surface area contributed by atoms with Crippen LogP contribution in [-0.2, 0) is 16.0 Å². The number of thiophene rings is 1. The molecule has 8 heteroatoms. The molecular weight excluding hydrogens is 410 g/mol. The van der Waals surface area contributed by atoms with Gasteiger partial charge in [-0.1, -0.05) is 18.5 Å². The largest absolute Gasteiger partial charge is 0.495 e. The van der Waals surface area contributed by atoms with E-state index in [-0.39, 0.29) is 30.9 Å². The molecule has 2 amide bonds. The van der Waals surface area contributed by atoms with Crippen molar-refractivity contribution in [3.8, 4) is 5.75 Å². The van der Waals surface area contributed by atoms with Gasteiger partial charge in [0.05, 0.1) is 31.9 Å². The Kier molecular flexibility index (Phi) is 7.16. The molecule has 0 spiro atoms. The van der Waals surface area contributed by atoms with E-state index in [2.05, 4.69) is 23.7 Å². The van der Waals surface area contributed by atoms with Crippen LogP contribution >= 0.6 is 22.9 Å². The van der Waals surface area contributed by atoms with E-state index < -0.39 is 0 Å². The van der Waals surface area contributed by atoms with Gasteiger partial charge in [-0.05, 0) is 55.1 Å². The van der Waals surface area contributed by atoms with Gasteiger partial charge in [-0.25, -0.2) is 0 Å². The van der Waals surface area contributed by atoms with Crippen LogP contribution in [0.5, 0.6) is 5.75 Å². The Morgan fingerprint density at radius 2 is 2.14 bits per heavy atom. The van der Waals surface area contributed by atoms with Crippen molar-refractivity contribution in [1.82, 2.24) is 9.80 Å². The average Bonchev–Trinajstić information content (AvgIpc) is 3.15. The number of carbonyl (C=O) groups excluding carboxylic acids is 2. The molecule has 6 nitrogen and oxygen atoms in total. The van der Waals surface area contributed by atoms with Gasteiger partial charge in [0.1, 0.15) is 5.75 Å². The highest BCUT2D eigenvalue weighted by molar-refractivity contribution is 7.10. The average molecular weight is 436 g/mol. The molecule has 0 bridgehead atoms. The predicted octanol–water partition coefficient (Wildman–Crippen LogP) is 3.82. The number of benzene rings is 1. The van der Waals surface area contributed by atoms with Crippen molar-refractivity contribution in [2.75, 3.05) is 39.1 Å². The molecule has 0 aliphatic carbocycles. The van der Waals surface area contributed by atoms with Crippen LogP contribution in [0.3, 0.4) is 0 Å². The number of methoxy groups -OCH3 is 1. The molecule has 0 saturated heterocycles. The number of amides is 2. The van der Waals surface area contributed by atoms with E-state index in [4.69, 9.17) is 16.3 Å². The van der Waals surface area contributed by atoms with Gasteiger partial charge >= 0.3 is 0 Å². The number of carbonyl (C=O) groups is 2. The number of nitrogens with one attached hydrogen (secondary N) is 1. The third kappa shape index (κ3) is 5.10. The quantitative estimate of drug-likeness (QED) is 0.718. The number of hydrogen-bond donors (Lipinski definition) is 1. The third-order valence-electron chi connectivity index (χ3n) is 5.06. The molecule has 1 atom stereocenters. The van der Waals surface area contributed by atoms with E-state index in [0.717, 1.165) is 19.4 Å². The van der Waals surface area contributed by atoms with Crippen LogP contribution in [-0.4, -0.2) is 55.4 Å². The first kappa shape index (κ1) is 21.6. The topological polar surface area (TPSA) is 61.9 Å². The summed E-state index contributed by atoms with van der Waals surface area (Å²) in [6, 6.07) is 7.29. The zero-order valence-corrected chi connectivity index (χ0v) is 18.5. The van der Waals surface area contributed by atoms with Crippen LogP contribution in [0.2, 0.25) is 5.02 Å². The number of halogens is 1. The minimum Gasteiger partial charge on any atom is -0.495 e. The lowest BCUT2D eigenvalue weighted by atomic mass is 9.98. The minimum atomic E-state index is -0.230. The fourth-order valence-corrected chi connectivity index (χ4v) is 4.83. The summed E-state index contributed by atoms with van der Waals surface area (Å²) in [5.41, 5.74) is 1.78. The second-order valence-corrected chi connectivity index (χ2v) is 8.56. The van der Waals surface area contributed by atoms with Gasteiger partial charge in [0.2, 0.25) is 11.8 Å². The Balaban J connectivity index is 1.58. The molecule has 1 aromatic carbocycles. The summed E-state index contributed by atoms with van der Waals surface area (Å²) in [7, 11) is 3.30. The first-order chi connectivity index (χ1) is 13.9. The standard InChI is InChI=1S/C21H26ClN3O3S/c1-4-17-15-8-10-29-19(15)7-9-25(17)21(27)13-24(2)12-20(26)23-16-11-14(22)5-6-18(16)28-3/h5-6,8,10-11,17H,4,7,9,12-13H2,1-3H3,(H,23,26). The summed E-state index contributed by atoms with van der Waals surface area (Å²) in [6.45, 7) is 3.11. The van der Waals surface area contributed by atoms with Crippen LogP contribution in [0.4, 0.5) is 5.69 Å². The van der Waals surface area contributed by atoms with Gasteiger partial charge in [-0.2, -0.15) is 0 Å². The first-order valence-electron chi connectivity index (χ1n) is 9.60. The minimum absolute atomic E-state index is 0.0457. The molecule has 2 heterocycles. The summed E-state index contributed by atoms with van der Waals surface area (Å²) < 4.78 is 5.25. The lowest BCUT2D eigenvalue weighted by Gasteiger charge is -2.36. The van der Waals surface area contributed by atoms with E-state index in [1.807, 2.05) is 4.90 Å². The number of anilines is 1. The summed E-state index contributed by atoms with van der Waals surface area (Å²) in [5, 5.41) is 5.41. The van der Waals surface area contributed by atoms with Gasteiger partial charge in [0.15, 0.2) is 0 Å². The van der Waals surface area contributed by atoms with Crippen LogP contribution < -0.4 is 10.1 Å². The molecule has 29 heavy (non-hydrogen) atoms. The lowest BCUT2D eigenvalue weighted by molar-refractivity contribution is -0.135. The predicted molar refractivity (Wildman–Crippen MR) is 117 cm³/mol. The first-order valence-corrected chi connectivity index (χ1v) is 10.9. The Morgan fingerprint density at radius 1 is 1.34 bits per heavy atom. The van der Waals surface area contributed by atoms with Crippen molar-refractivity contribution >= 4 is 40.4 Å². The van der Waals surface area contributed by atoms with Crippen LogP contribution in [0.25, 0.3) is 0 Å². The van der Waals surface area contributed by atoms with Gasteiger partial charge in [-0.3, -0.25) is 14.5 Å². The Bertz CT molecular complexity index is 886. The third-order valence-corrected chi connectivity index (χ3v) is 6.29. The molecule has 0 fully saturated rings. The van der Waals surface area contributed by atoms with E-state index in [9.17, 15) is 9.59 Å². The van der Waals surface area contributed by atoms with Gasteiger partial charge in [0, 0.05) is 16.4 Å². The fraction of sp³-hybridized carbons (Fsp3) is 0.429. The second-order valence-electron chi connectivity index (χ2n) is 7.13. The smallest absolute Gasteiger partial charge is 0.238 e. The summed E-state index contributed by atoms with van der Waals surface area (Å²) in [6.07, 6.45) is 1.78. The van der Waals surface area contributed by atoms with Gasteiger partial charge in [-0.15, -0.1) is 11.3 Å². The zero-order chi connectivity index (χ0) is 21.0. The fourth-order valence-electron chi connectivity index (χ4n) is 3.73. The number of likely N-dealkylation sites (N-methyl/N-ethyl adjacent to an activating group) is 1. The van der Waals surface area contributed by atoms with Crippen molar-refractivity contribution in [2.24, 2.45) is 0 Å². The Morgan fingerprint density at radius 3 is 2.86 bits per heavy atom. The number of hydrogen-bond acceptors (Lipinski definition) is 5. The molecule has 0 radical (unpaired) electrons. The molecular formula is C21H26ClN3O3S. The van der Waals surface area contributed by atoms with E-state index >= 15 is 0 Å². The van der Waals surface area contributed by atoms with Crippen molar-refractivity contribution in [2.45, 2.75) is 25.8 Å². The highest BCUT2D eigenvalue weighted by Gasteiger charge is 2.30. The zero-order valence-electron chi connectivity index (χ0n) is 16.9. The van der Waals surface area contributed by atoms with Crippen LogP contribution in [0.1, 0.15) is 29.8 Å². The van der Waals surface area contributed by atoms with Crippen LogP contribution in [0.15, 0.2) is 29.6 Å². The van der Waals surface area contributed by atoms with Gasteiger partial charge < -0.3 is 15.0 Å². The number of nitrogens with zero attached hydrogens (tertiary/aromatic N) is 2. The van der Waals surface area contributed by atoms with E-state index in [1.165, 1.54) is 17.6 Å². The van der Waals surface area contributed by atoms with Gasteiger partial charge in [0.25, 0.3) is 0 Å². The second kappa shape index (κ2) is 9.61. The Labute approximate surface area is 180 Å². The summed E-state index contributed by atoms with van der Waals surface area (Å²) in [5.74, 6) is 0.350. The Hall–Kier alpha value is -2.09. The van der Waals surface area contributed by atoms with E-state index in [0.29, 0.717) is 16.5 Å². The lowest BCUT2D eigenvalue weighted by Crippen LogP contribution is -2.45. The molecule has 1 aliphatic heterocycles. The maximum Gasteiger partial charge on any atom is 0.238 e. The SMILES string of the molecule is CCC1c2ccsc2CCN1C(=O)CN(C)CC(=O)Nc1cc(Cl)ccc1OC. The van der Waals surface area contributed by atoms with Crippen molar-refractivity contribution in [1.29, 1.82) is 0 Å². The van der Waals surface area contributed by atoms with Crippen LogP contribution in [0, 0.1) is 0 Å². The molecule has 1 aromatic heterocycles. The van der Waals surface area contributed by atoms with Crippen molar-refractivity contribution < 1.29 is 14.3 Å². The molecule has 156 valence electrons. The molecule has 1 aliphatic rings. The highest BCUT2D eigenvalue weighted by Crippen LogP contribution is 2.35. The molecule has 1 unspecified atom stereocenters. The summed E-state index contributed by atoms with van der Waals surface area (Å²) in [4.78, 5) is 30.4. The normalized spacial score (nSPS) is 15.9. The highest BCUT2D eigenvalue weighted by atomic mass is 35.5. The summed E-state index contributed by atoms with van der Waals surface area (Å²) >= 11 is 7.77. The number of rotatable bonds is 7. The monoisotopic (exact) mass is 435 g/mol. The maximum absolute atomic E-state index is 12.9.